The van der Waals surface area contributed by atoms with Crippen molar-refractivity contribution in [1.29, 1.82) is 0 Å². The van der Waals surface area contributed by atoms with Crippen molar-refractivity contribution in [3.05, 3.63) is 66.2 Å². The van der Waals surface area contributed by atoms with Crippen molar-refractivity contribution < 1.29 is 4.79 Å². The van der Waals surface area contributed by atoms with E-state index < -0.39 is 8.50 Å². The van der Waals surface area contributed by atoms with Crippen LogP contribution in [-0.4, -0.2) is 14.4 Å². The molecular formula is C15H11Cl4NOS. The normalized spacial score (nSPS) is 11.5. The summed E-state index contributed by atoms with van der Waals surface area (Å²) in [5.74, 6) is -0.267. The first-order chi connectivity index (χ1) is 10.4. The van der Waals surface area contributed by atoms with Gasteiger partial charge in [-0.3, -0.25) is 4.79 Å². The van der Waals surface area contributed by atoms with Gasteiger partial charge in [-0.2, -0.15) is 0 Å². The first kappa shape index (κ1) is 17.8. The molecule has 0 unspecified atom stereocenters. The van der Waals surface area contributed by atoms with Crippen molar-refractivity contribution in [2.45, 2.75) is 8.50 Å². The van der Waals surface area contributed by atoms with Crippen molar-refractivity contribution >= 4 is 69.9 Å². The van der Waals surface area contributed by atoms with Crippen LogP contribution in [0.15, 0.2) is 60.7 Å². The lowest BCUT2D eigenvalue weighted by Gasteiger charge is -2.28. The van der Waals surface area contributed by atoms with Gasteiger partial charge in [0.2, 0.25) is 3.67 Å². The SMILES string of the molecule is O=C(c1ccccc1)N(SC(Cl)(Cl)C(Cl)Cl)c1ccccc1. The highest BCUT2D eigenvalue weighted by Crippen LogP contribution is 2.46. The van der Waals surface area contributed by atoms with Crippen LogP contribution in [0.3, 0.4) is 0 Å². The van der Waals surface area contributed by atoms with Gasteiger partial charge in [0.05, 0.1) is 5.69 Å². The molecule has 2 aromatic rings. The molecule has 2 aromatic carbocycles. The monoisotopic (exact) mass is 393 g/mol. The number of carbonyl (C=O) groups is 1. The molecule has 0 aliphatic heterocycles. The van der Waals surface area contributed by atoms with Gasteiger partial charge in [-0.15, -0.1) is 23.2 Å². The van der Waals surface area contributed by atoms with Crippen LogP contribution in [0.5, 0.6) is 0 Å². The molecule has 7 heteroatoms. The minimum atomic E-state index is -1.57. The largest absolute Gasteiger partial charge is 0.268 e. The number of alkyl halides is 4. The number of hydrogen-bond acceptors (Lipinski definition) is 2. The Hall–Kier alpha value is -0.580. The lowest BCUT2D eigenvalue weighted by atomic mass is 10.2. The lowest BCUT2D eigenvalue weighted by Crippen LogP contribution is -2.31. The highest BCUT2D eigenvalue weighted by molar-refractivity contribution is 8.05. The fourth-order valence-electron chi connectivity index (χ4n) is 1.63. The Balaban J connectivity index is 2.36. The maximum Gasteiger partial charge on any atom is 0.268 e. The Kier molecular flexibility index (Phi) is 6.30. The van der Waals surface area contributed by atoms with E-state index >= 15 is 0 Å². The van der Waals surface area contributed by atoms with Crippen LogP contribution in [0.2, 0.25) is 0 Å². The van der Waals surface area contributed by atoms with Gasteiger partial charge in [-0.1, -0.05) is 59.6 Å². The summed E-state index contributed by atoms with van der Waals surface area (Å²) in [5, 5.41) is 0. The molecule has 0 aliphatic carbocycles. The third kappa shape index (κ3) is 4.46. The molecule has 0 saturated heterocycles. The van der Waals surface area contributed by atoms with Crippen LogP contribution in [0.1, 0.15) is 10.4 Å². The third-order valence-electron chi connectivity index (χ3n) is 2.66. The number of para-hydroxylation sites is 1. The molecule has 0 spiro atoms. The molecule has 0 N–H and O–H groups in total. The Labute approximate surface area is 153 Å². The summed E-state index contributed by atoms with van der Waals surface area (Å²) < 4.78 is -0.184. The predicted molar refractivity (Wildman–Crippen MR) is 97.2 cm³/mol. The smallest absolute Gasteiger partial charge is 0.268 e. The summed E-state index contributed by atoms with van der Waals surface area (Å²) >= 11 is 24.7. The second-order valence-corrected chi connectivity index (χ2v) is 8.38. The summed E-state index contributed by atoms with van der Waals surface area (Å²) in [6.45, 7) is 0. The van der Waals surface area contributed by atoms with E-state index in [9.17, 15) is 4.79 Å². The van der Waals surface area contributed by atoms with Crippen LogP contribution < -0.4 is 4.31 Å². The van der Waals surface area contributed by atoms with Gasteiger partial charge in [0.25, 0.3) is 5.91 Å². The Bertz CT molecular complexity index is 622. The van der Waals surface area contributed by atoms with E-state index in [2.05, 4.69) is 0 Å². The number of nitrogens with zero attached hydrogens (tertiary/aromatic N) is 1. The van der Waals surface area contributed by atoms with E-state index in [0.29, 0.717) is 11.3 Å². The van der Waals surface area contributed by atoms with E-state index in [1.807, 2.05) is 24.3 Å². The molecule has 0 heterocycles. The molecule has 0 fully saturated rings. The number of anilines is 1. The molecule has 0 aliphatic rings. The van der Waals surface area contributed by atoms with Crippen LogP contribution in [0, 0.1) is 0 Å². The van der Waals surface area contributed by atoms with Crippen molar-refractivity contribution in [3.63, 3.8) is 0 Å². The van der Waals surface area contributed by atoms with E-state index in [-0.39, 0.29) is 5.91 Å². The number of benzene rings is 2. The first-order valence-electron chi connectivity index (χ1n) is 6.21. The van der Waals surface area contributed by atoms with Crippen LogP contribution in [0.25, 0.3) is 0 Å². The van der Waals surface area contributed by atoms with Gasteiger partial charge in [0, 0.05) is 17.5 Å². The van der Waals surface area contributed by atoms with Gasteiger partial charge < -0.3 is 0 Å². The molecule has 2 nitrogen and oxygen atoms in total. The minimum absolute atomic E-state index is 0.267. The fourth-order valence-corrected chi connectivity index (χ4v) is 3.03. The third-order valence-corrected chi connectivity index (χ3v) is 5.91. The number of carbonyl (C=O) groups excluding carboxylic acids is 1. The molecule has 2 rings (SSSR count). The molecule has 116 valence electrons. The van der Waals surface area contributed by atoms with Crippen molar-refractivity contribution in [1.82, 2.24) is 0 Å². The van der Waals surface area contributed by atoms with E-state index in [1.165, 1.54) is 4.31 Å². The van der Waals surface area contributed by atoms with Gasteiger partial charge >= 0.3 is 0 Å². The highest BCUT2D eigenvalue weighted by Gasteiger charge is 2.38. The van der Waals surface area contributed by atoms with Crippen molar-refractivity contribution in [2.24, 2.45) is 0 Å². The zero-order chi connectivity index (χ0) is 16.2. The number of amides is 1. The summed E-state index contributed by atoms with van der Waals surface area (Å²) in [7, 11) is 0. The molecule has 0 saturated carbocycles. The van der Waals surface area contributed by atoms with Crippen LogP contribution in [-0.2, 0) is 0 Å². The second-order valence-electron chi connectivity index (χ2n) is 4.25. The van der Waals surface area contributed by atoms with Crippen LogP contribution >= 0.6 is 58.4 Å². The maximum absolute atomic E-state index is 12.7. The quantitative estimate of drug-likeness (QED) is 0.463. The van der Waals surface area contributed by atoms with E-state index in [0.717, 1.165) is 11.9 Å². The highest BCUT2D eigenvalue weighted by atomic mass is 35.5. The first-order valence-corrected chi connectivity index (χ1v) is 8.61. The Morgan fingerprint density at radius 2 is 1.45 bits per heavy atom. The van der Waals surface area contributed by atoms with E-state index in [1.54, 1.807) is 36.4 Å². The minimum Gasteiger partial charge on any atom is -0.268 e. The maximum atomic E-state index is 12.7. The van der Waals surface area contributed by atoms with Crippen molar-refractivity contribution in [3.8, 4) is 0 Å². The summed E-state index contributed by atoms with van der Waals surface area (Å²) in [4.78, 5) is 11.7. The van der Waals surface area contributed by atoms with Gasteiger partial charge in [-0.05, 0) is 24.3 Å². The summed E-state index contributed by atoms with van der Waals surface area (Å²) in [5.41, 5.74) is 1.13. The fraction of sp³-hybridized carbons (Fsp3) is 0.133. The predicted octanol–water partition coefficient (Wildman–Crippen LogP) is 5.92. The number of rotatable bonds is 5. The zero-order valence-corrected chi connectivity index (χ0v) is 15.0. The zero-order valence-electron chi connectivity index (χ0n) is 11.1. The lowest BCUT2D eigenvalue weighted by molar-refractivity contribution is 0.101. The standard InChI is InChI=1S/C15H11Cl4NOS/c16-14(17)15(18,19)22-20(12-9-5-2-6-10-12)13(21)11-7-3-1-4-8-11/h1-10,14H. The summed E-state index contributed by atoms with van der Waals surface area (Å²) in [6, 6.07) is 17.8. The molecule has 22 heavy (non-hydrogen) atoms. The van der Waals surface area contributed by atoms with Gasteiger partial charge in [0.1, 0.15) is 0 Å². The second kappa shape index (κ2) is 7.80. The van der Waals surface area contributed by atoms with Gasteiger partial charge in [0.15, 0.2) is 4.84 Å². The number of halogens is 4. The average molecular weight is 395 g/mol. The molecule has 0 radical (unpaired) electrons. The molecule has 0 bridgehead atoms. The molecular weight excluding hydrogens is 384 g/mol. The number of hydrogen-bond donors (Lipinski definition) is 0. The Morgan fingerprint density at radius 3 is 1.95 bits per heavy atom. The molecule has 0 atom stereocenters. The van der Waals surface area contributed by atoms with Gasteiger partial charge in [-0.25, -0.2) is 4.31 Å². The van der Waals surface area contributed by atoms with Crippen LogP contribution in [0.4, 0.5) is 5.69 Å². The average Bonchev–Trinajstić information content (AvgIpc) is 2.53. The Morgan fingerprint density at radius 1 is 0.955 bits per heavy atom. The summed E-state index contributed by atoms with van der Waals surface area (Å²) in [6.07, 6.45) is 0. The molecule has 0 aromatic heterocycles. The van der Waals surface area contributed by atoms with E-state index in [4.69, 9.17) is 46.4 Å². The molecule has 1 amide bonds. The van der Waals surface area contributed by atoms with Crippen molar-refractivity contribution in [2.75, 3.05) is 4.31 Å². The topological polar surface area (TPSA) is 20.3 Å².